The number of nitrogens with zero attached hydrogens (tertiary/aromatic N) is 1. The molecule has 5 rings (SSSR count). The van der Waals surface area contributed by atoms with Gasteiger partial charge in [0.1, 0.15) is 0 Å². The Labute approximate surface area is 243 Å². The van der Waals surface area contributed by atoms with E-state index in [0.717, 1.165) is 50.9 Å². The molecule has 0 bridgehead atoms. The van der Waals surface area contributed by atoms with Gasteiger partial charge < -0.3 is 15.5 Å². The summed E-state index contributed by atoms with van der Waals surface area (Å²) in [4.78, 5) is 28.8. The Morgan fingerprint density at radius 1 is 0.756 bits per heavy atom. The fourth-order valence-electron chi connectivity index (χ4n) is 5.55. The van der Waals surface area contributed by atoms with Gasteiger partial charge in [-0.25, -0.2) is 0 Å². The van der Waals surface area contributed by atoms with Gasteiger partial charge in [0, 0.05) is 36.6 Å². The number of carbonyl (C=O) groups is 2. The summed E-state index contributed by atoms with van der Waals surface area (Å²) in [6.07, 6.45) is 4.94. The average Bonchev–Trinajstić information content (AvgIpc) is 3.02. The van der Waals surface area contributed by atoms with Crippen molar-refractivity contribution in [3.63, 3.8) is 0 Å². The third kappa shape index (κ3) is 7.63. The highest BCUT2D eigenvalue weighted by Crippen LogP contribution is 2.30. The predicted molar refractivity (Wildman–Crippen MR) is 168 cm³/mol. The van der Waals surface area contributed by atoms with Gasteiger partial charge in [0.2, 0.25) is 0 Å². The van der Waals surface area contributed by atoms with E-state index >= 15 is 0 Å². The summed E-state index contributed by atoms with van der Waals surface area (Å²) in [5.41, 5.74) is 6.49. The Kier molecular flexibility index (Phi) is 9.48. The SMILES string of the molecule is CCc1ccc(C(=O)Nc2ccc(N3CCC(Cc4ccccc4)CC3)c(C(=O)NCCc3ccccc3)c2)cc1. The zero-order valence-corrected chi connectivity index (χ0v) is 23.8. The summed E-state index contributed by atoms with van der Waals surface area (Å²) in [6.45, 7) is 4.44. The molecule has 0 unspecified atom stereocenters. The standard InChI is InChI=1S/C36H39N3O2/c1-2-27-13-15-31(16-14-27)35(40)38-32-17-18-34(33(26-32)36(41)37-22-19-28-9-5-3-6-10-28)39-23-20-30(21-24-39)25-29-11-7-4-8-12-29/h3-18,26,30H,2,19-25H2,1H3,(H,37,41)(H,38,40). The Hall–Kier alpha value is -4.38. The van der Waals surface area contributed by atoms with E-state index in [-0.39, 0.29) is 11.8 Å². The molecule has 1 fully saturated rings. The van der Waals surface area contributed by atoms with Crippen LogP contribution in [0.15, 0.2) is 103 Å². The molecule has 2 amide bonds. The molecule has 0 saturated carbocycles. The minimum Gasteiger partial charge on any atom is -0.371 e. The van der Waals surface area contributed by atoms with Gasteiger partial charge >= 0.3 is 0 Å². The molecule has 4 aromatic rings. The molecular formula is C36H39N3O2. The minimum atomic E-state index is -0.183. The molecule has 1 aliphatic heterocycles. The first-order valence-corrected chi connectivity index (χ1v) is 14.7. The number of nitrogens with one attached hydrogen (secondary N) is 2. The second-order valence-corrected chi connectivity index (χ2v) is 10.8. The Morgan fingerprint density at radius 3 is 2.07 bits per heavy atom. The van der Waals surface area contributed by atoms with Crippen molar-refractivity contribution < 1.29 is 9.59 Å². The van der Waals surface area contributed by atoms with Crippen molar-refractivity contribution in [1.29, 1.82) is 0 Å². The first kappa shape index (κ1) is 28.2. The largest absolute Gasteiger partial charge is 0.371 e. The van der Waals surface area contributed by atoms with Crippen LogP contribution in [0.3, 0.4) is 0 Å². The van der Waals surface area contributed by atoms with Gasteiger partial charge in [0.15, 0.2) is 0 Å². The first-order chi connectivity index (χ1) is 20.1. The summed E-state index contributed by atoms with van der Waals surface area (Å²) >= 11 is 0. The van der Waals surface area contributed by atoms with Gasteiger partial charge in [-0.05, 0) is 85.0 Å². The van der Waals surface area contributed by atoms with E-state index in [0.29, 0.717) is 29.3 Å². The molecule has 0 radical (unpaired) electrons. The Balaban J connectivity index is 1.30. The molecule has 0 aliphatic carbocycles. The quantitative estimate of drug-likeness (QED) is 0.227. The summed E-state index contributed by atoms with van der Waals surface area (Å²) in [7, 11) is 0. The van der Waals surface area contributed by atoms with Crippen molar-refractivity contribution in [3.8, 4) is 0 Å². The van der Waals surface area contributed by atoms with Crippen LogP contribution in [0, 0.1) is 5.92 Å². The predicted octanol–water partition coefficient (Wildman–Crippen LogP) is 6.93. The molecule has 210 valence electrons. The molecule has 5 nitrogen and oxygen atoms in total. The lowest BCUT2D eigenvalue weighted by Gasteiger charge is -2.35. The van der Waals surface area contributed by atoms with Crippen molar-refractivity contribution in [2.75, 3.05) is 29.9 Å². The molecule has 1 aliphatic rings. The van der Waals surface area contributed by atoms with E-state index in [2.05, 4.69) is 64.9 Å². The van der Waals surface area contributed by atoms with Crippen LogP contribution in [-0.2, 0) is 19.3 Å². The maximum absolute atomic E-state index is 13.5. The molecule has 4 aromatic carbocycles. The molecule has 41 heavy (non-hydrogen) atoms. The number of benzene rings is 4. The summed E-state index contributed by atoms with van der Waals surface area (Å²) in [5, 5.41) is 6.11. The zero-order valence-electron chi connectivity index (χ0n) is 23.8. The van der Waals surface area contributed by atoms with Crippen molar-refractivity contribution in [2.45, 2.75) is 39.0 Å². The minimum absolute atomic E-state index is 0.120. The van der Waals surface area contributed by atoms with Crippen LogP contribution in [-0.4, -0.2) is 31.4 Å². The lowest BCUT2D eigenvalue weighted by molar-refractivity contribution is 0.0953. The number of rotatable bonds is 10. The number of amides is 2. The van der Waals surface area contributed by atoms with Crippen molar-refractivity contribution in [1.82, 2.24) is 5.32 Å². The maximum atomic E-state index is 13.5. The van der Waals surface area contributed by atoms with Crippen LogP contribution in [0.4, 0.5) is 11.4 Å². The number of anilines is 2. The van der Waals surface area contributed by atoms with Gasteiger partial charge in [0.05, 0.1) is 5.56 Å². The lowest BCUT2D eigenvalue weighted by Crippen LogP contribution is -2.36. The molecule has 1 saturated heterocycles. The highest BCUT2D eigenvalue weighted by molar-refractivity contribution is 6.06. The van der Waals surface area contributed by atoms with Crippen molar-refractivity contribution in [3.05, 3.63) is 131 Å². The fraction of sp³-hybridized carbons (Fsp3) is 0.278. The van der Waals surface area contributed by atoms with Crippen LogP contribution in [0.1, 0.15) is 57.2 Å². The van der Waals surface area contributed by atoms with E-state index < -0.39 is 0 Å². The van der Waals surface area contributed by atoms with Crippen molar-refractivity contribution in [2.24, 2.45) is 5.92 Å². The second-order valence-electron chi connectivity index (χ2n) is 10.8. The molecule has 2 N–H and O–H groups in total. The summed E-state index contributed by atoms with van der Waals surface area (Å²) < 4.78 is 0. The molecule has 5 heteroatoms. The lowest BCUT2D eigenvalue weighted by atomic mass is 9.89. The van der Waals surface area contributed by atoms with E-state index in [1.807, 2.05) is 60.7 Å². The van der Waals surface area contributed by atoms with Crippen LogP contribution in [0.25, 0.3) is 0 Å². The van der Waals surface area contributed by atoms with Crippen LogP contribution >= 0.6 is 0 Å². The van der Waals surface area contributed by atoms with Gasteiger partial charge in [-0.3, -0.25) is 9.59 Å². The van der Waals surface area contributed by atoms with Crippen molar-refractivity contribution >= 4 is 23.2 Å². The third-order valence-electron chi connectivity index (χ3n) is 7.99. The van der Waals surface area contributed by atoms with E-state index in [1.165, 1.54) is 16.7 Å². The number of hydrogen-bond donors (Lipinski definition) is 2. The van der Waals surface area contributed by atoms with Crippen LogP contribution < -0.4 is 15.5 Å². The average molecular weight is 546 g/mol. The summed E-state index contributed by atoms with van der Waals surface area (Å²) in [5.74, 6) is 0.331. The summed E-state index contributed by atoms with van der Waals surface area (Å²) in [6, 6.07) is 34.2. The van der Waals surface area contributed by atoms with Gasteiger partial charge in [-0.15, -0.1) is 0 Å². The number of aryl methyl sites for hydroxylation is 1. The van der Waals surface area contributed by atoms with Crippen LogP contribution in [0.5, 0.6) is 0 Å². The molecule has 0 atom stereocenters. The molecular weight excluding hydrogens is 506 g/mol. The van der Waals surface area contributed by atoms with E-state index in [4.69, 9.17) is 0 Å². The second kappa shape index (κ2) is 13.8. The maximum Gasteiger partial charge on any atom is 0.255 e. The van der Waals surface area contributed by atoms with E-state index in [9.17, 15) is 9.59 Å². The highest BCUT2D eigenvalue weighted by atomic mass is 16.2. The Bertz CT molecular complexity index is 1430. The first-order valence-electron chi connectivity index (χ1n) is 14.7. The highest BCUT2D eigenvalue weighted by Gasteiger charge is 2.24. The van der Waals surface area contributed by atoms with Gasteiger partial charge in [0.25, 0.3) is 11.8 Å². The number of carbonyl (C=O) groups excluding carboxylic acids is 2. The molecule has 0 aromatic heterocycles. The number of piperidine rings is 1. The third-order valence-corrected chi connectivity index (χ3v) is 7.99. The molecule has 0 spiro atoms. The Morgan fingerprint density at radius 2 is 1.41 bits per heavy atom. The number of hydrogen-bond acceptors (Lipinski definition) is 3. The van der Waals surface area contributed by atoms with Gasteiger partial charge in [-0.2, -0.15) is 0 Å². The fourth-order valence-corrected chi connectivity index (χ4v) is 5.55. The monoisotopic (exact) mass is 545 g/mol. The molecule has 1 heterocycles. The smallest absolute Gasteiger partial charge is 0.255 e. The van der Waals surface area contributed by atoms with E-state index in [1.54, 1.807) is 0 Å². The zero-order chi connectivity index (χ0) is 28.4. The topological polar surface area (TPSA) is 61.4 Å². The van der Waals surface area contributed by atoms with Crippen LogP contribution in [0.2, 0.25) is 0 Å². The normalized spacial score (nSPS) is 13.5. The van der Waals surface area contributed by atoms with Gasteiger partial charge in [-0.1, -0.05) is 79.7 Å².